The highest BCUT2D eigenvalue weighted by Crippen LogP contribution is 2.26. The number of nitrogens with one attached hydrogen (secondary N) is 1. The maximum absolute atomic E-state index is 6.27. The van der Waals surface area contributed by atoms with Crippen LogP contribution in [0.1, 0.15) is 44.8 Å². The van der Waals surface area contributed by atoms with Gasteiger partial charge in [0.05, 0.1) is 23.0 Å². The fourth-order valence-electron chi connectivity index (χ4n) is 2.12. The minimum absolute atomic E-state index is 0.256. The summed E-state index contributed by atoms with van der Waals surface area (Å²) in [5.41, 5.74) is 1.11. The van der Waals surface area contributed by atoms with Crippen molar-refractivity contribution in [2.24, 2.45) is 0 Å². The van der Waals surface area contributed by atoms with E-state index in [4.69, 9.17) is 16.3 Å². The van der Waals surface area contributed by atoms with Crippen molar-refractivity contribution in [3.05, 3.63) is 16.9 Å². The first kappa shape index (κ1) is 15.5. The van der Waals surface area contributed by atoms with E-state index in [0.29, 0.717) is 0 Å². The van der Waals surface area contributed by atoms with Crippen LogP contribution in [0, 0.1) is 0 Å². The first-order chi connectivity index (χ1) is 8.74. The zero-order valence-corrected chi connectivity index (χ0v) is 12.3. The van der Waals surface area contributed by atoms with E-state index in [0.717, 1.165) is 49.7 Å². The van der Waals surface area contributed by atoms with Gasteiger partial charge in [0, 0.05) is 20.3 Å². The van der Waals surface area contributed by atoms with Crippen molar-refractivity contribution in [3.8, 4) is 0 Å². The standard InChI is InChI=1S/C13H24ClN3O/c1-4-8-17-13(11(14)10-16-17)12(15-5-2)7-6-9-18-3/h10,12,15H,4-9H2,1-3H3. The Bertz CT molecular complexity index is 341. The van der Waals surface area contributed by atoms with Crippen LogP contribution >= 0.6 is 11.6 Å². The molecule has 1 N–H and O–H groups in total. The van der Waals surface area contributed by atoms with E-state index in [-0.39, 0.29) is 6.04 Å². The van der Waals surface area contributed by atoms with Gasteiger partial charge in [-0.1, -0.05) is 25.4 Å². The lowest BCUT2D eigenvalue weighted by Crippen LogP contribution is -2.24. The van der Waals surface area contributed by atoms with Crippen LogP contribution in [0.25, 0.3) is 0 Å². The Morgan fingerprint density at radius 3 is 2.89 bits per heavy atom. The van der Waals surface area contributed by atoms with Crippen LogP contribution in [-0.2, 0) is 11.3 Å². The van der Waals surface area contributed by atoms with E-state index >= 15 is 0 Å². The number of ether oxygens (including phenoxy) is 1. The summed E-state index contributed by atoms with van der Waals surface area (Å²) in [6.07, 6.45) is 4.83. The highest BCUT2D eigenvalue weighted by atomic mass is 35.5. The lowest BCUT2D eigenvalue weighted by molar-refractivity contribution is 0.188. The van der Waals surface area contributed by atoms with Gasteiger partial charge >= 0.3 is 0 Å². The van der Waals surface area contributed by atoms with Crippen LogP contribution in [0.3, 0.4) is 0 Å². The van der Waals surface area contributed by atoms with Crippen molar-refractivity contribution in [3.63, 3.8) is 0 Å². The normalized spacial score (nSPS) is 12.9. The van der Waals surface area contributed by atoms with E-state index < -0.39 is 0 Å². The molecule has 1 rings (SSSR count). The molecule has 5 heteroatoms. The average Bonchev–Trinajstić information content (AvgIpc) is 2.70. The molecule has 1 atom stereocenters. The second kappa shape index (κ2) is 8.51. The van der Waals surface area contributed by atoms with Gasteiger partial charge in [-0.05, 0) is 25.8 Å². The third kappa shape index (κ3) is 4.26. The third-order valence-corrected chi connectivity index (χ3v) is 3.18. The molecule has 0 radical (unpaired) electrons. The maximum Gasteiger partial charge on any atom is 0.0834 e. The van der Waals surface area contributed by atoms with Crippen LogP contribution in [0.2, 0.25) is 5.02 Å². The Hall–Kier alpha value is -0.580. The number of methoxy groups -OCH3 is 1. The van der Waals surface area contributed by atoms with Gasteiger partial charge < -0.3 is 10.1 Å². The summed E-state index contributed by atoms with van der Waals surface area (Å²) in [6, 6.07) is 0.256. The van der Waals surface area contributed by atoms with Gasteiger partial charge in [-0.15, -0.1) is 0 Å². The molecule has 1 unspecified atom stereocenters. The van der Waals surface area contributed by atoms with Crippen molar-refractivity contribution in [2.45, 2.75) is 45.7 Å². The predicted octanol–water partition coefficient (Wildman–Crippen LogP) is 3.02. The molecule has 18 heavy (non-hydrogen) atoms. The molecule has 1 aromatic rings. The maximum atomic E-state index is 6.27. The zero-order valence-electron chi connectivity index (χ0n) is 11.6. The van der Waals surface area contributed by atoms with Gasteiger partial charge in [-0.3, -0.25) is 4.68 Å². The Morgan fingerprint density at radius 2 is 2.28 bits per heavy atom. The minimum Gasteiger partial charge on any atom is -0.385 e. The summed E-state index contributed by atoms with van der Waals surface area (Å²) in [5.74, 6) is 0. The summed E-state index contributed by atoms with van der Waals surface area (Å²) in [5, 5.41) is 8.59. The second-order valence-corrected chi connectivity index (χ2v) is 4.75. The summed E-state index contributed by atoms with van der Waals surface area (Å²) >= 11 is 6.27. The van der Waals surface area contributed by atoms with Gasteiger partial charge in [0.15, 0.2) is 0 Å². The molecule has 0 saturated carbocycles. The van der Waals surface area contributed by atoms with Crippen molar-refractivity contribution < 1.29 is 4.74 Å². The molecule has 0 aromatic carbocycles. The number of aryl methyl sites for hydroxylation is 1. The number of nitrogens with zero attached hydrogens (tertiary/aromatic N) is 2. The monoisotopic (exact) mass is 273 g/mol. The van der Waals surface area contributed by atoms with Crippen LogP contribution in [0.5, 0.6) is 0 Å². The van der Waals surface area contributed by atoms with Gasteiger partial charge in [0.25, 0.3) is 0 Å². The Morgan fingerprint density at radius 1 is 1.50 bits per heavy atom. The molecule has 104 valence electrons. The van der Waals surface area contributed by atoms with E-state index in [1.165, 1.54) is 0 Å². The Labute approximate surface area is 115 Å². The number of aromatic nitrogens is 2. The van der Waals surface area contributed by atoms with Gasteiger partial charge in [0.2, 0.25) is 0 Å². The van der Waals surface area contributed by atoms with Crippen molar-refractivity contribution in [1.29, 1.82) is 0 Å². The molecule has 0 aliphatic rings. The fourth-order valence-corrected chi connectivity index (χ4v) is 2.39. The lowest BCUT2D eigenvalue weighted by atomic mass is 10.1. The number of rotatable bonds is 9. The van der Waals surface area contributed by atoms with E-state index in [1.54, 1.807) is 13.3 Å². The summed E-state index contributed by atoms with van der Waals surface area (Å²) in [4.78, 5) is 0. The first-order valence-corrected chi connectivity index (χ1v) is 7.05. The van der Waals surface area contributed by atoms with E-state index in [1.807, 2.05) is 4.68 Å². The van der Waals surface area contributed by atoms with Gasteiger partial charge in [-0.2, -0.15) is 5.10 Å². The van der Waals surface area contributed by atoms with Crippen LogP contribution in [0.15, 0.2) is 6.20 Å². The molecule has 0 amide bonds. The summed E-state index contributed by atoms with van der Waals surface area (Å²) in [7, 11) is 1.73. The Kier molecular flexibility index (Phi) is 7.32. The van der Waals surface area contributed by atoms with Crippen LogP contribution < -0.4 is 5.32 Å². The highest BCUT2D eigenvalue weighted by molar-refractivity contribution is 6.31. The molecular formula is C13H24ClN3O. The largest absolute Gasteiger partial charge is 0.385 e. The van der Waals surface area contributed by atoms with E-state index in [2.05, 4.69) is 24.3 Å². The van der Waals surface area contributed by atoms with Crippen molar-refractivity contribution in [2.75, 3.05) is 20.3 Å². The Balaban J connectivity index is 2.79. The van der Waals surface area contributed by atoms with Crippen LogP contribution in [-0.4, -0.2) is 30.0 Å². The molecule has 0 saturated heterocycles. The smallest absolute Gasteiger partial charge is 0.0834 e. The van der Waals surface area contributed by atoms with Gasteiger partial charge in [0.1, 0.15) is 0 Å². The molecular weight excluding hydrogens is 250 g/mol. The molecule has 0 aliphatic heterocycles. The fraction of sp³-hybridized carbons (Fsp3) is 0.769. The molecule has 0 fully saturated rings. The third-order valence-electron chi connectivity index (χ3n) is 2.89. The first-order valence-electron chi connectivity index (χ1n) is 6.68. The average molecular weight is 274 g/mol. The topological polar surface area (TPSA) is 39.1 Å². The van der Waals surface area contributed by atoms with Crippen LogP contribution in [0.4, 0.5) is 0 Å². The number of hydrogen-bond acceptors (Lipinski definition) is 3. The van der Waals surface area contributed by atoms with E-state index in [9.17, 15) is 0 Å². The quantitative estimate of drug-likeness (QED) is 0.703. The molecule has 0 bridgehead atoms. The lowest BCUT2D eigenvalue weighted by Gasteiger charge is -2.20. The predicted molar refractivity (Wildman–Crippen MR) is 75.1 cm³/mol. The molecule has 0 aliphatic carbocycles. The zero-order chi connectivity index (χ0) is 13.4. The SMILES string of the molecule is CCCn1ncc(Cl)c1C(CCCOC)NCC. The van der Waals surface area contributed by atoms with Gasteiger partial charge in [-0.25, -0.2) is 0 Å². The number of halogens is 1. The minimum atomic E-state index is 0.256. The molecule has 0 spiro atoms. The van der Waals surface area contributed by atoms with Crippen molar-refractivity contribution >= 4 is 11.6 Å². The highest BCUT2D eigenvalue weighted by Gasteiger charge is 2.18. The molecule has 1 aromatic heterocycles. The molecule has 4 nitrogen and oxygen atoms in total. The van der Waals surface area contributed by atoms with Crippen molar-refractivity contribution in [1.82, 2.24) is 15.1 Å². The number of hydrogen-bond donors (Lipinski definition) is 1. The summed E-state index contributed by atoms with van der Waals surface area (Å²) in [6.45, 7) is 6.87. The second-order valence-electron chi connectivity index (χ2n) is 4.35. The summed E-state index contributed by atoms with van der Waals surface area (Å²) < 4.78 is 7.13. The molecule has 1 heterocycles.